The van der Waals surface area contributed by atoms with Crippen LogP contribution in [0.1, 0.15) is 16.8 Å². The van der Waals surface area contributed by atoms with Crippen molar-refractivity contribution in [3.05, 3.63) is 27.7 Å². The first-order valence-corrected chi connectivity index (χ1v) is 7.12. The van der Waals surface area contributed by atoms with Gasteiger partial charge >= 0.3 is 5.97 Å². The Hall–Kier alpha value is -1.33. The normalized spacial score (nSPS) is 11.0. The fourth-order valence-electron chi connectivity index (χ4n) is 1.22. The van der Waals surface area contributed by atoms with Gasteiger partial charge in [-0.25, -0.2) is 17.9 Å². The number of nitriles is 1. The first kappa shape index (κ1) is 15.7. The summed E-state index contributed by atoms with van der Waals surface area (Å²) in [7, 11) is -3.99. The molecule has 0 aliphatic heterocycles. The minimum atomic E-state index is -3.99. The molecule has 0 atom stereocenters. The van der Waals surface area contributed by atoms with E-state index < -0.39 is 20.9 Å². The van der Waals surface area contributed by atoms with Crippen molar-refractivity contribution >= 4 is 39.2 Å². The smallest absolute Gasteiger partial charge is 0.337 e. The van der Waals surface area contributed by atoms with E-state index in [1.807, 2.05) is 0 Å². The highest BCUT2D eigenvalue weighted by atomic mass is 35.5. The molecule has 19 heavy (non-hydrogen) atoms. The van der Waals surface area contributed by atoms with E-state index in [4.69, 9.17) is 33.6 Å². The summed E-state index contributed by atoms with van der Waals surface area (Å²) < 4.78 is 25.9. The summed E-state index contributed by atoms with van der Waals surface area (Å²) >= 11 is 11.4. The predicted octanol–water partition coefficient (Wildman–Crippen LogP) is 1.88. The van der Waals surface area contributed by atoms with Gasteiger partial charge in [-0.05, 0) is 12.1 Å². The number of rotatable bonds is 5. The number of carbonyl (C=O) groups is 1. The maximum atomic E-state index is 11.9. The molecule has 2 N–H and O–H groups in total. The second-order valence-electron chi connectivity index (χ2n) is 3.37. The van der Waals surface area contributed by atoms with E-state index in [1.165, 1.54) is 0 Å². The van der Waals surface area contributed by atoms with Crippen LogP contribution in [0.4, 0.5) is 0 Å². The molecule has 0 radical (unpaired) electrons. The molecule has 0 amide bonds. The second-order valence-corrected chi connectivity index (χ2v) is 5.92. The van der Waals surface area contributed by atoms with Gasteiger partial charge in [-0.2, -0.15) is 5.26 Å². The lowest BCUT2D eigenvalue weighted by atomic mass is 10.2. The van der Waals surface area contributed by atoms with E-state index in [-0.39, 0.29) is 28.6 Å². The fourth-order valence-corrected chi connectivity index (χ4v) is 3.10. The van der Waals surface area contributed by atoms with Crippen molar-refractivity contribution in [2.45, 2.75) is 11.3 Å². The molecule has 1 aromatic carbocycles. The molecule has 0 fully saturated rings. The van der Waals surface area contributed by atoms with Crippen molar-refractivity contribution in [3.63, 3.8) is 0 Å². The van der Waals surface area contributed by atoms with Crippen LogP contribution in [0.15, 0.2) is 17.0 Å². The monoisotopic (exact) mass is 322 g/mol. The molecule has 0 saturated heterocycles. The molecule has 0 aliphatic rings. The molecule has 102 valence electrons. The summed E-state index contributed by atoms with van der Waals surface area (Å²) in [6.07, 6.45) is -0.0176. The fraction of sp³-hybridized carbons (Fsp3) is 0.200. The van der Waals surface area contributed by atoms with Gasteiger partial charge in [0.2, 0.25) is 10.0 Å². The molecular weight excluding hydrogens is 315 g/mol. The third-order valence-electron chi connectivity index (χ3n) is 2.07. The summed E-state index contributed by atoms with van der Waals surface area (Å²) in [6, 6.07) is 3.69. The van der Waals surface area contributed by atoms with E-state index >= 15 is 0 Å². The van der Waals surface area contributed by atoms with Crippen LogP contribution >= 0.6 is 23.2 Å². The number of halogens is 2. The third-order valence-corrected chi connectivity index (χ3v) is 4.31. The number of hydrogen-bond donors (Lipinski definition) is 2. The number of carboxylic acid groups (broad SMARTS) is 1. The molecule has 0 spiro atoms. The van der Waals surface area contributed by atoms with Crippen LogP contribution in [-0.2, 0) is 10.0 Å². The molecule has 0 bridgehead atoms. The number of benzene rings is 1. The molecule has 0 aliphatic carbocycles. The van der Waals surface area contributed by atoms with Crippen LogP contribution in [0, 0.1) is 11.3 Å². The summed E-state index contributed by atoms with van der Waals surface area (Å²) in [5.41, 5.74) is -0.369. The Morgan fingerprint density at radius 2 is 2.00 bits per heavy atom. The van der Waals surface area contributed by atoms with E-state index in [9.17, 15) is 13.2 Å². The van der Waals surface area contributed by atoms with Crippen molar-refractivity contribution in [3.8, 4) is 6.07 Å². The number of carboxylic acids is 1. The maximum absolute atomic E-state index is 11.9. The zero-order valence-electron chi connectivity index (χ0n) is 9.35. The summed E-state index contributed by atoms with van der Waals surface area (Å²) in [6.45, 7) is -0.0970. The Kier molecular flexibility index (Phi) is 5.14. The summed E-state index contributed by atoms with van der Waals surface area (Å²) in [5, 5.41) is 16.9. The van der Waals surface area contributed by atoms with Gasteiger partial charge < -0.3 is 5.11 Å². The molecular formula is C10H8Cl2N2O4S. The standard InChI is InChI=1S/C10H8Cl2N2O4S/c11-7-5-8(12)9(4-6(7)10(15)16)19(17,18)14-3-1-2-13/h4-5,14H,1,3H2,(H,15,16). The molecule has 1 rings (SSSR count). The maximum Gasteiger partial charge on any atom is 0.337 e. The molecule has 0 heterocycles. The third kappa shape index (κ3) is 3.81. The van der Waals surface area contributed by atoms with Crippen LogP contribution in [0.5, 0.6) is 0 Å². The minimum Gasteiger partial charge on any atom is -0.478 e. The van der Waals surface area contributed by atoms with Crippen molar-refractivity contribution in [1.29, 1.82) is 5.26 Å². The number of nitrogens with zero attached hydrogens (tertiary/aromatic N) is 1. The Morgan fingerprint density at radius 3 is 2.53 bits per heavy atom. The van der Waals surface area contributed by atoms with Crippen LogP contribution in [0.25, 0.3) is 0 Å². The lowest BCUT2D eigenvalue weighted by Crippen LogP contribution is -2.25. The quantitative estimate of drug-likeness (QED) is 0.805. The topological polar surface area (TPSA) is 107 Å². The van der Waals surface area contributed by atoms with Crippen molar-refractivity contribution < 1.29 is 18.3 Å². The zero-order valence-corrected chi connectivity index (χ0v) is 11.7. The Bertz CT molecular complexity index is 652. The number of nitrogens with one attached hydrogen (secondary N) is 1. The highest BCUT2D eigenvalue weighted by Gasteiger charge is 2.21. The Labute approximate surface area is 119 Å². The number of aromatic carboxylic acids is 1. The van der Waals surface area contributed by atoms with Crippen molar-refractivity contribution in [1.82, 2.24) is 4.72 Å². The van der Waals surface area contributed by atoms with Crippen LogP contribution in [-0.4, -0.2) is 26.0 Å². The first-order chi connectivity index (χ1) is 8.79. The van der Waals surface area contributed by atoms with Gasteiger partial charge in [0.15, 0.2) is 0 Å². The van der Waals surface area contributed by atoms with Gasteiger partial charge in [0, 0.05) is 13.0 Å². The van der Waals surface area contributed by atoms with Crippen LogP contribution < -0.4 is 4.72 Å². The van der Waals surface area contributed by atoms with Gasteiger partial charge in [-0.3, -0.25) is 0 Å². The molecule has 0 unspecified atom stereocenters. The highest BCUT2D eigenvalue weighted by Crippen LogP contribution is 2.28. The average molecular weight is 323 g/mol. The minimum absolute atomic E-state index is 0.0176. The lowest BCUT2D eigenvalue weighted by molar-refractivity contribution is 0.0697. The van der Waals surface area contributed by atoms with E-state index in [0.717, 1.165) is 12.1 Å². The van der Waals surface area contributed by atoms with Gasteiger partial charge in [0.05, 0.1) is 21.7 Å². The van der Waals surface area contributed by atoms with Crippen LogP contribution in [0.3, 0.4) is 0 Å². The van der Waals surface area contributed by atoms with Crippen molar-refractivity contribution in [2.24, 2.45) is 0 Å². The predicted molar refractivity (Wildman–Crippen MR) is 68.8 cm³/mol. The lowest BCUT2D eigenvalue weighted by Gasteiger charge is -2.09. The molecule has 6 nitrogen and oxygen atoms in total. The summed E-state index contributed by atoms with van der Waals surface area (Å²) in [5.74, 6) is -1.37. The number of sulfonamides is 1. The Morgan fingerprint density at radius 1 is 1.37 bits per heavy atom. The second kappa shape index (κ2) is 6.21. The first-order valence-electron chi connectivity index (χ1n) is 4.88. The number of hydrogen-bond acceptors (Lipinski definition) is 4. The van der Waals surface area contributed by atoms with E-state index in [1.54, 1.807) is 6.07 Å². The average Bonchev–Trinajstić information content (AvgIpc) is 2.28. The zero-order chi connectivity index (χ0) is 14.6. The van der Waals surface area contributed by atoms with E-state index in [2.05, 4.69) is 4.72 Å². The Balaban J connectivity index is 3.24. The van der Waals surface area contributed by atoms with Gasteiger partial charge in [-0.15, -0.1) is 0 Å². The van der Waals surface area contributed by atoms with Crippen molar-refractivity contribution in [2.75, 3.05) is 6.54 Å². The molecule has 9 heteroatoms. The van der Waals surface area contributed by atoms with Crippen LogP contribution in [0.2, 0.25) is 10.0 Å². The largest absolute Gasteiger partial charge is 0.478 e. The SMILES string of the molecule is N#CCCNS(=O)(=O)c1cc(C(=O)O)c(Cl)cc1Cl. The van der Waals surface area contributed by atoms with Gasteiger partial charge in [0.25, 0.3) is 0 Å². The summed E-state index contributed by atoms with van der Waals surface area (Å²) in [4.78, 5) is 10.5. The molecule has 1 aromatic rings. The van der Waals surface area contributed by atoms with Gasteiger partial charge in [-0.1, -0.05) is 23.2 Å². The van der Waals surface area contributed by atoms with E-state index in [0.29, 0.717) is 0 Å². The molecule has 0 aromatic heterocycles. The van der Waals surface area contributed by atoms with Gasteiger partial charge in [0.1, 0.15) is 4.90 Å². The molecule has 0 saturated carbocycles. The highest BCUT2D eigenvalue weighted by molar-refractivity contribution is 7.89.